The molecule has 4 rings (SSSR count). The van der Waals surface area contributed by atoms with Crippen LogP contribution in [0, 0.1) is 11.8 Å². The number of thiazole rings is 1. The lowest BCUT2D eigenvalue weighted by atomic mass is 9.81. The zero-order valence-corrected chi connectivity index (χ0v) is 15.7. The minimum Gasteiger partial charge on any atom is -0.302 e. The molecule has 0 spiro atoms. The summed E-state index contributed by atoms with van der Waals surface area (Å²) >= 11 is 1.36. The van der Waals surface area contributed by atoms with Gasteiger partial charge in [-0.2, -0.15) is 0 Å². The van der Waals surface area contributed by atoms with Gasteiger partial charge in [0.2, 0.25) is 17.7 Å². The van der Waals surface area contributed by atoms with Crippen molar-refractivity contribution >= 4 is 34.2 Å². The average Bonchev–Trinajstić information content (AvgIpc) is 3.25. The van der Waals surface area contributed by atoms with Crippen molar-refractivity contribution in [3.05, 3.63) is 35.7 Å². The number of benzene rings is 1. The Morgan fingerprint density at radius 1 is 1.11 bits per heavy atom. The van der Waals surface area contributed by atoms with Gasteiger partial charge in [-0.15, -0.1) is 11.3 Å². The predicted octanol–water partition coefficient (Wildman–Crippen LogP) is 3.31. The van der Waals surface area contributed by atoms with Crippen molar-refractivity contribution in [3.8, 4) is 11.3 Å². The molecule has 1 aliphatic heterocycles. The first kappa shape index (κ1) is 17.9. The molecule has 2 aromatic rings. The molecule has 1 saturated heterocycles. The first-order valence-corrected chi connectivity index (χ1v) is 10.2. The van der Waals surface area contributed by atoms with Gasteiger partial charge in [0.25, 0.3) is 0 Å². The van der Waals surface area contributed by atoms with E-state index in [-0.39, 0.29) is 42.5 Å². The molecule has 2 aliphatic rings. The number of aromatic nitrogens is 1. The van der Waals surface area contributed by atoms with Gasteiger partial charge in [-0.25, -0.2) is 4.98 Å². The number of likely N-dealkylation sites (tertiary alicyclic amines) is 1. The number of nitrogens with one attached hydrogen (secondary N) is 1. The number of amides is 3. The minimum atomic E-state index is -0.237. The van der Waals surface area contributed by atoms with Crippen LogP contribution in [0.4, 0.5) is 5.13 Å². The average molecular weight is 383 g/mol. The lowest BCUT2D eigenvalue weighted by molar-refractivity contribution is -0.140. The molecule has 3 amide bonds. The molecule has 27 heavy (non-hydrogen) atoms. The van der Waals surface area contributed by atoms with Crippen molar-refractivity contribution < 1.29 is 14.4 Å². The van der Waals surface area contributed by atoms with Gasteiger partial charge < -0.3 is 5.32 Å². The molecule has 0 radical (unpaired) electrons. The number of rotatable bonds is 5. The van der Waals surface area contributed by atoms with Crippen LogP contribution in [0.2, 0.25) is 0 Å². The van der Waals surface area contributed by atoms with Crippen LogP contribution in [0.3, 0.4) is 0 Å². The van der Waals surface area contributed by atoms with Gasteiger partial charge in [0.1, 0.15) is 0 Å². The van der Waals surface area contributed by atoms with Crippen LogP contribution in [0.5, 0.6) is 0 Å². The van der Waals surface area contributed by atoms with E-state index in [1.54, 1.807) is 0 Å². The van der Waals surface area contributed by atoms with Crippen molar-refractivity contribution in [1.29, 1.82) is 0 Å². The topological polar surface area (TPSA) is 79.4 Å². The third-order valence-corrected chi connectivity index (χ3v) is 6.07. The molecule has 2 atom stereocenters. The van der Waals surface area contributed by atoms with Crippen molar-refractivity contribution in [3.63, 3.8) is 0 Å². The number of fused-ring (bicyclic) bond motifs is 1. The van der Waals surface area contributed by atoms with E-state index in [1.165, 1.54) is 16.2 Å². The number of hydrogen-bond acceptors (Lipinski definition) is 5. The Bertz CT molecular complexity index is 840. The van der Waals surface area contributed by atoms with E-state index in [2.05, 4.69) is 10.3 Å². The molecule has 140 valence electrons. The van der Waals surface area contributed by atoms with Crippen LogP contribution in [0.15, 0.2) is 35.7 Å². The molecule has 2 fully saturated rings. The van der Waals surface area contributed by atoms with Crippen molar-refractivity contribution in [2.45, 2.75) is 32.1 Å². The van der Waals surface area contributed by atoms with Crippen molar-refractivity contribution in [1.82, 2.24) is 9.88 Å². The van der Waals surface area contributed by atoms with Gasteiger partial charge in [-0.3, -0.25) is 19.3 Å². The van der Waals surface area contributed by atoms with Gasteiger partial charge >= 0.3 is 0 Å². The van der Waals surface area contributed by atoms with Crippen LogP contribution in [-0.4, -0.2) is 34.2 Å². The molecule has 2 heterocycles. The normalized spacial score (nSPS) is 22.0. The summed E-state index contributed by atoms with van der Waals surface area (Å²) in [6.45, 7) is 0.146. The first-order chi connectivity index (χ1) is 13.1. The SMILES string of the molecule is O=C(CCN1C(=O)[C@H]2CCCC[C@@H]2C1=O)Nc1nc(-c2ccccc2)cs1. The standard InChI is InChI=1S/C20H21N3O3S/c24-17(22-20-21-16(12-27-20)13-6-2-1-3-7-13)10-11-23-18(25)14-8-4-5-9-15(14)19(23)26/h1-3,6-7,12,14-15H,4-5,8-11H2,(H,21,22,24)/t14-,15-/m0/s1. The maximum absolute atomic E-state index is 12.4. The summed E-state index contributed by atoms with van der Waals surface area (Å²) in [5.41, 5.74) is 1.80. The highest BCUT2D eigenvalue weighted by Crippen LogP contribution is 2.38. The fraction of sp³-hybridized carbons (Fsp3) is 0.400. The third-order valence-electron chi connectivity index (χ3n) is 5.31. The second-order valence-electron chi connectivity index (χ2n) is 7.03. The monoisotopic (exact) mass is 383 g/mol. The second-order valence-corrected chi connectivity index (χ2v) is 7.89. The third kappa shape index (κ3) is 3.64. The minimum absolute atomic E-state index is 0.0944. The maximum Gasteiger partial charge on any atom is 0.233 e. The summed E-state index contributed by atoms with van der Waals surface area (Å²) in [4.78, 5) is 42.9. The summed E-state index contributed by atoms with van der Waals surface area (Å²) in [6, 6.07) is 9.74. The Balaban J connectivity index is 1.33. The van der Waals surface area contributed by atoms with Crippen LogP contribution < -0.4 is 5.32 Å². The number of carbonyl (C=O) groups excluding carboxylic acids is 3. The highest BCUT2D eigenvalue weighted by Gasteiger charge is 2.47. The van der Waals surface area contributed by atoms with E-state index in [4.69, 9.17) is 0 Å². The van der Waals surface area contributed by atoms with Gasteiger partial charge in [-0.05, 0) is 12.8 Å². The number of carbonyl (C=O) groups is 3. The molecule has 6 nitrogen and oxygen atoms in total. The quantitative estimate of drug-likeness (QED) is 0.804. The molecule has 1 aromatic heterocycles. The summed E-state index contributed by atoms with van der Waals surface area (Å²) in [6.07, 6.45) is 3.68. The van der Waals surface area contributed by atoms with Crippen LogP contribution in [-0.2, 0) is 14.4 Å². The smallest absolute Gasteiger partial charge is 0.233 e. The molecule has 0 bridgehead atoms. The summed E-state index contributed by atoms with van der Waals surface area (Å²) < 4.78 is 0. The number of anilines is 1. The Hall–Kier alpha value is -2.54. The summed E-state index contributed by atoms with van der Waals surface area (Å²) in [7, 11) is 0. The van der Waals surface area contributed by atoms with Gasteiger partial charge in [0.05, 0.1) is 17.5 Å². The Morgan fingerprint density at radius 3 is 2.44 bits per heavy atom. The number of imide groups is 1. The maximum atomic E-state index is 12.4. The summed E-state index contributed by atoms with van der Waals surface area (Å²) in [5, 5.41) is 5.18. The largest absolute Gasteiger partial charge is 0.302 e. The second kappa shape index (κ2) is 7.60. The summed E-state index contributed by atoms with van der Waals surface area (Å²) in [5.74, 6) is -0.765. The van der Waals surface area contributed by atoms with Gasteiger partial charge in [-0.1, -0.05) is 43.2 Å². The number of hydrogen-bond donors (Lipinski definition) is 1. The van der Waals surface area contributed by atoms with Crippen molar-refractivity contribution in [2.24, 2.45) is 11.8 Å². The van der Waals surface area contributed by atoms with Gasteiger partial charge in [0, 0.05) is 23.9 Å². The number of nitrogens with zero attached hydrogens (tertiary/aromatic N) is 2. The fourth-order valence-electron chi connectivity index (χ4n) is 3.92. The fourth-order valence-corrected chi connectivity index (χ4v) is 4.65. The molecule has 1 N–H and O–H groups in total. The lowest BCUT2D eigenvalue weighted by Crippen LogP contribution is -2.34. The van der Waals surface area contributed by atoms with E-state index < -0.39 is 0 Å². The van der Waals surface area contributed by atoms with Gasteiger partial charge in [0.15, 0.2) is 5.13 Å². The molecule has 7 heteroatoms. The van der Waals surface area contributed by atoms with Crippen LogP contribution in [0.25, 0.3) is 11.3 Å². The Kier molecular flexibility index (Phi) is 5.03. The molecular formula is C20H21N3O3S. The van der Waals surface area contributed by atoms with E-state index in [0.717, 1.165) is 36.9 Å². The molecule has 0 unspecified atom stereocenters. The van der Waals surface area contributed by atoms with E-state index in [9.17, 15) is 14.4 Å². The molecule has 1 saturated carbocycles. The predicted molar refractivity (Wildman–Crippen MR) is 103 cm³/mol. The van der Waals surface area contributed by atoms with Crippen molar-refractivity contribution in [2.75, 3.05) is 11.9 Å². The first-order valence-electron chi connectivity index (χ1n) is 9.29. The van der Waals surface area contributed by atoms with E-state index in [1.807, 2.05) is 35.7 Å². The van der Waals surface area contributed by atoms with E-state index in [0.29, 0.717) is 5.13 Å². The van der Waals surface area contributed by atoms with Crippen LogP contribution >= 0.6 is 11.3 Å². The molecule has 1 aliphatic carbocycles. The molecule has 1 aromatic carbocycles. The highest BCUT2D eigenvalue weighted by atomic mass is 32.1. The zero-order chi connectivity index (χ0) is 18.8. The zero-order valence-electron chi connectivity index (χ0n) is 14.9. The van der Waals surface area contributed by atoms with Crippen LogP contribution in [0.1, 0.15) is 32.1 Å². The highest BCUT2D eigenvalue weighted by molar-refractivity contribution is 7.14. The lowest BCUT2D eigenvalue weighted by Gasteiger charge is -2.19. The van der Waals surface area contributed by atoms with E-state index >= 15 is 0 Å². The Labute approximate surface area is 161 Å². The molecular weight excluding hydrogens is 362 g/mol. The Morgan fingerprint density at radius 2 is 1.78 bits per heavy atom.